The minimum atomic E-state index is 0.281. The minimum absolute atomic E-state index is 0.281. The second-order valence-corrected chi connectivity index (χ2v) is 16.3. The van der Waals surface area contributed by atoms with Crippen LogP contribution < -0.4 is 0 Å². The van der Waals surface area contributed by atoms with E-state index < -0.39 is 0 Å². The number of imidazole rings is 1. The van der Waals surface area contributed by atoms with Crippen LogP contribution in [-0.2, 0) is 12.8 Å². The van der Waals surface area contributed by atoms with Gasteiger partial charge >= 0.3 is 0 Å². The van der Waals surface area contributed by atoms with Crippen LogP contribution >= 0.6 is 0 Å². The number of rotatable bonds is 8. The maximum atomic E-state index is 11.0. The lowest BCUT2D eigenvalue weighted by Crippen LogP contribution is -2.08. The molecule has 0 radical (unpaired) electrons. The van der Waals surface area contributed by atoms with Gasteiger partial charge in [0.2, 0.25) is 0 Å². The topological polar surface area (TPSA) is 50.9 Å². The molecular weight excluding hydrogens is 659 g/mol. The normalized spacial score (nSPS) is 12.7. The van der Waals surface area contributed by atoms with E-state index in [0.717, 1.165) is 58.0 Å². The van der Waals surface area contributed by atoms with Gasteiger partial charge in [-0.25, -0.2) is 9.97 Å². The molecule has 0 saturated heterocycles. The molecule has 8 rings (SSSR count). The van der Waals surface area contributed by atoms with Crippen LogP contribution in [0.25, 0.3) is 61.6 Å². The molecule has 5 aromatic carbocycles. The zero-order chi connectivity index (χ0) is 37.8. The van der Waals surface area contributed by atoms with Crippen molar-refractivity contribution in [3.05, 3.63) is 143 Å². The van der Waals surface area contributed by atoms with Gasteiger partial charge in [0, 0.05) is 17.3 Å². The Hall–Kier alpha value is -5.48. The Kier molecular flexibility index (Phi) is 9.26. The third-order valence-corrected chi connectivity index (χ3v) is 11.3. The maximum absolute atomic E-state index is 11.0. The first-order valence-corrected chi connectivity index (χ1v) is 19.7. The smallest absolute Gasteiger partial charge is 0.145 e. The van der Waals surface area contributed by atoms with Crippen molar-refractivity contribution in [3.8, 4) is 56.6 Å². The Labute approximate surface area is 320 Å². The van der Waals surface area contributed by atoms with Gasteiger partial charge in [-0.05, 0) is 110 Å². The van der Waals surface area contributed by atoms with Gasteiger partial charge < -0.3 is 5.11 Å². The van der Waals surface area contributed by atoms with Crippen LogP contribution in [0.1, 0.15) is 112 Å². The van der Waals surface area contributed by atoms with Gasteiger partial charge in [-0.15, -0.1) is 0 Å². The number of phenols is 1. The predicted octanol–water partition coefficient (Wildman–Crippen LogP) is 13.4. The van der Waals surface area contributed by atoms with Gasteiger partial charge in [0.15, 0.2) is 0 Å². The van der Waals surface area contributed by atoms with Crippen molar-refractivity contribution < 1.29 is 5.11 Å². The molecule has 1 aliphatic carbocycles. The number of pyridine rings is 1. The minimum Gasteiger partial charge on any atom is -0.507 e. The highest BCUT2D eigenvalue weighted by atomic mass is 16.3. The number of fused-ring (bicyclic) bond motifs is 4. The predicted molar refractivity (Wildman–Crippen MR) is 226 cm³/mol. The second kappa shape index (κ2) is 14.1. The number of aryl methyl sites for hydroxylation is 2. The fraction of sp³-hybridized carbons (Fsp3) is 0.280. The lowest BCUT2D eigenvalue weighted by atomic mass is 9.84. The van der Waals surface area contributed by atoms with Gasteiger partial charge in [0.05, 0.1) is 17.1 Å². The second-order valence-electron chi connectivity index (χ2n) is 16.3. The highest BCUT2D eigenvalue weighted by molar-refractivity contribution is 5.99. The zero-order valence-electron chi connectivity index (χ0n) is 32.9. The molecule has 7 aromatic rings. The van der Waals surface area contributed by atoms with Gasteiger partial charge in [0.1, 0.15) is 17.3 Å². The average molecular weight is 710 g/mol. The largest absolute Gasteiger partial charge is 0.507 e. The van der Waals surface area contributed by atoms with Gasteiger partial charge in [-0.3, -0.25) is 4.57 Å². The number of para-hydroxylation sites is 1. The van der Waals surface area contributed by atoms with Crippen molar-refractivity contribution in [1.29, 1.82) is 0 Å². The summed E-state index contributed by atoms with van der Waals surface area (Å²) >= 11 is 0. The molecule has 4 nitrogen and oxygen atoms in total. The summed E-state index contributed by atoms with van der Waals surface area (Å²) in [6.45, 7) is 18.3. The number of benzene rings is 5. The van der Waals surface area contributed by atoms with Crippen molar-refractivity contribution in [3.63, 3.8) is 0 Å². The first kappa shape index (κ1) is 35.5. The van der Waals surface area contributed by atoms with Gasteiger partial charge in [0.25, 0.3) is 0 Å². The van der Waals surface area contributed by atoms with E-state index in [0.29, 0.717) is 23.7 Å². The van der Waals surface area contributed by atoms with E-state index in [4.69, 9.17) is 9.97 Å². The summed E-state index contributed by atoms with van der Waals surface area (Å²) in [5.41, 5.74) is 15.8. The molecule has 0 aliphatic heterocycles. The Balaban J connectivity index is 1.41. The molecule has 54 heavy (non-hydrogen) atoms. The van der Waals surface area contributed by atoms with Crippen LogP contribution in [0.5, 0.6) is 5.75 Å². The van der Waals surface area contributed by atoms with Crippen molar-refractivity contribution in [2.45, 2.75) is 91.9 Å². The summed E-state index contributed by atoms with van der Waals surface area (Å²) in [5.74, 6) is 2.58. The molecule has 0 amide bonds. The van der Waals surface area contributed by atoms with Crippen molar-refractivity contribution in [2.24, 2.45) is 0 Å². The maximum Gasteiger partial charge on any atom is 0.145 e. The number of hydrogen-bond donors (Lipinski definition) is 1. The number of hydrogen-bond acceptors (Lipinski definition) is 3. The molecule has 1 aliphatic rings. The molecule has 0 unspecified atom stereocenters. The van der Waals surface area contributed by atoms with E-state index in [1.165, 1.54) is 49.8 Å². The van der Waals surface area contributed by atoms with Crippen molar-refractivity contribution >= 4 is 10.8 Å². The third-order valence-electron chi connectivity index (χ3n) is 11.3. The Morgan fingerprint density at radius 3 is 1.83 bits per heavy atom. The number of aromatic hydroxyl groups is 1. The van der Waals surface area contributed by atoms with E-state index in [2.05, 4.69) is 157 Å². The monoisotopic (exact) mass is 709 g/mol. The van der Waals surface area contributed by atoms with E-state index in [1.54, 1.807) is 6.07 Å². The summed E-state index contributed by atoms with van der Waals surface area (Å²) in [6, 6.07) is 37.2. The Morgan fingerprint density at radius 2 is 1.17 bits per heavy atom. The SMILES string of the molecule is CC(C)c1cccc(C(C)C)c1-c1ccc2cccc(-c3nc(-c4ccc5c(n4)-c4c(O)cccc4CC5)cn3-c3c(C(C)C)cccc3C(C)C)c2c1. The van der Waals surface area contributed by atoms with Gasteiger partial charge in [-0.1, -0.05) is 140 Å². The lowest BCUT2D eigenvalue weighted by molar-refractivity contribution is 0.476. The molecule has 0 spiro atoms. The molecule has 1 N–H and O–H groups in total. The average Bonchev–Trinajstić information content (AvgIpc) is 3.61. The Morgan fingerprint density at radius 1 is 0.556 bits per heavy atom. The van der Waals surface area contributed by atoms with Crippen LogP contribution in [0.3, 0.4) is 0 Å². The molecule has 0 bridgehead atoms. The van der Waals surface area contributed by atoms with E-state index in [-0.39, 0.29) is 5.75 Å². The third kappa shape index (κ3) is 6.12. The first-order valence-electron chi connectivity index (χ1n) is 19.7. The fourth-order valence-corrected chi connectivity index (χ4v) is 8.55. The first-order chi connectivity index (χ1) is 26.0. The number of nitrogens with zero attached hydrogens (tertiary/aromatic N) is 3. The molecule has 0 atom stereocenters. The Bertz CT molecular complexity index is 2480. The van der Waals surface area contributed by atoms with Crippen LogP contribution in [0.2, 0.25) is 0 Å². The highest BCUT2D eigenvalue weighted by Gasteiger charge is 2.25. The number of aromatic nitrogens is 3. The highest BCUT2D eigenvalue weighted by Crippen LogP contribution is 2.43. The molecule has 2 heterocycles. The summed E-state index contributed by atoms with van der Waals surface area (Å²) in [4.78, 5) is 10.8. The number of phenolic OH excluding ortho intramolecular Hbond substituents is 1. The molecule has 2 aromatic heterocycles. The lowest BCUT2D eigenvalue weighted by Gasteiger charge is -2.22. The zero-order valence-corrected chi connectivity index (χ0v) is 32.9. The van der Waals surface area contributed by atoms with E-state index >= 15 is 0 Å². The molecule has 0 fully saturated rings. The molecular formula is C50H51N3O. The quantitative estimate of drug-likeness (QED) is 0.171. The standard InChI is InChI=1S/C50H51N3O/c1-29(2)37-15-11-16-38(30(3)4)46(37)36-24-21-33-13-9-19-41(42(33)27-36)50-52-44(28-53(50)49-39(31(5)6)17-12-18-40(49)32(7)8)43-26-25-35-23-22-34-14-10-20-45(54)47(34)48(35)51-43/h9-21,24-32,54H,22-23H2,1-8H3. The molecule has 272 valence electrons. The van der Waals surface area contributed by atoms with Crippen LogP contribution in [-0.4, -0.2) is 19.6 Å². The summed E-state index contributed by atoms with van der Waals surface area (Å²) < 4.78 is 2.34. The van der Waals surface area contributed by atoms with Gasteiger partial charge in [-0.2, -0.15) is 0 Å². The van der Waals surface area contributed by atoms with Crippen LogP contribution in [0.15, 0.2) is 109 Å². The summed E-state index contributed by atoms with van der Waals surface area (Å²) in [5, 5.41) is 13.4. The molecule has 0 saturated carbocycles. The van der Waals surface area contributed by atoms with E-state index in [1.807, 2.05) is 6.07 Å². The summed E-state index contributed by atoms with van der Waals surface area (Å²) in [7, 11) is 0. The van der Waals surface area contributed by atoms with Crippen LogP contribution in [0.4, 0.5) is 0 Å². The fourth-order valence-electron chi connectivity index (χ4n) is 8.55. The van der Waals surface area contributed by atoms with Crippen molar-refractivity contribution in [1.82, 2.24) is 14.5 Å². The van der Waals surface area contributed by atoms with Crippen LogP contribution in [0, 0.1) is 0 Å². The molecule has 4 heteroatoms. The summed E-state index contributed by atoms with van der Waals surface area (Å²) in [6.07, 6.45) is 3.98. The van der Waals surface area contributed by atoms with Crippen molar-refractivity contribution in [2.75, 3.05) is 0 Å². The van der Waals surface area contributed by atoms with E-state index in [9.17, 15) is 5.11 Å².